The number of likely N-dealkylation sites (tertiary alicyclic amines) is 2. The van der Waals surface area contributed by atoms with Crippen molar-refractivity contribution in [1.82, 2.24) is 36.1 Å². The molecular formula is C43H64N10O10. The molecule has 8 amide bonds. The van der Waals surface area contributed by atoms with Crippen LogP contribution in [0.25, 0.3) is 10.9 Å². The smallest absolute Gasteiger partial charge is 0.326 e. The fraction of sp³-hybridized carbons (Fsp3) is 0.605. The molecule has 0 radical (unpaired) electrons. The summed E-state index contributed by atoms with van der Waals surface area (Å²) in [4.78, 5) is 124. The summed E-state index contributed by atoms with van der Waals surface area (Å²) in [6, 6.07) is -0.717. The molecule has 3 heterocycles. The number of benzene rings is 1. The molecule has 0 unspecified atom stereocenters. The van der Waals surface area contributed by atoms with Crippen LogP contribution < -0.4 is 38.5 Å². The van der Waals surface area contributed by atoms with Crippen molar-refractivity contribution in [2.24, 2.45) is 29.0 Å². The van der Waals surface area contributed by atoms with Gasteiger partial charge in [-0.05, 0) is 68.4 Å². The molecule has 8 atom stereocenters. The second kappa shape index (κ2) is 22.9. The van der Waals surface area contributed by atoms with Crippen LogP contribution in [0.1, 0.15) is 97.5 Å². The minimum atomic E-state index is -1.38. The van der Waals surface area contributed by atoms with E-state index < -0.39 is 101 Å². The number of fused-ring (bicyclic) bond motifs is 1. The van der Waals surface area contributed by atoms with Crippen molar-refractivity contribution in [2.75, 3.05) is 13.1 Å². The number of aliphatic carboxylic acids is 1. The summed E-state index contributed by atoms with van der Waals surface area (Å²) in [7, 11) is 0. The van der Waals surface area contributed by atoms with Gasteiger partial charge >= 0.3 is 5.97 Å². The second-order valence-corrected chi connectivity index (χ2v) is 17.1. The highest BCUT2D eigenvalue weighted by Crippen LogP contribution is 2.25. The summed E-state index contributed by atoms with van der Waals surface area (Å²) in [5, 5.41) is 21.6. The van der Waals surface area contributed by atoms with E-state index in [9.17, 15) is 48.3 Å². The van der Waals surface area contributed by atoms with Crippen molar-refractivity contribution >= 4 is 64.1 Å². The molecule has 2 saturated heterocycles. The van der Waals surface area contributed by atoms with E-state index >= 15 is 0 Å². The summed E-state index contributed by atoms with van der Waals surface area (Å²) in [5.74, 6) is -7.05. The van der Waals surface area contributed by atoms with Crippen molar-refractivity contribution in [3.8, 4) is 0 Å². The predicted molar refractivity (Wildman–Crippen MR) is 231 cm³/mol. The lowest BCUT2D eigenvalue weighted by molar-refractivity contribution is -0.145. The Balaban J connectivity index is 1.47. The summed E-state index contributed by atoms with van der Waals surface area (Å²) in [5.41, 5.74) is 18.2. The monoisotopic (exact) mass is 880 g/mol. The van der Waals surface area contributed by atoms with Crippen LogP contribution in [0.2, 0.25) is 0 Å². The zero-order valence-electron chi connectivity index (χ0n) is 36.5. The highest BCUT2D eigenvalue weighted by Gasteiger charge is 2.43. The topological polar surface area (TPSA) is 322 Å². The lowest BCUT2D eigenvalue weighted by Crippen LogP contribution is -2.60. The molecule has 20 heteroatoms. The van der Waals surface area contributed by atoms with Crippen molar-refractivity contribution in [1.29, 1.82) is 0 Å². The molecule has 0 saturated carbocycles. The maximum absolute atomic E-state index is 14.3. The Hall–Kier alpha value is -6.05. The maximum Gasteiger partial charge on any atom is 0.326 e. The number of nitrogens with one attached hydrogen (secondary N) is 5. The predicted octanol–water partition coefficient (Wildman–Crippen LogP) is -0.333. The quantitative estimate of drug-likeness (QED) is 0.0696. The van der Waals surface area contributed by atoms with Gasteiger partial charge in [0, 0.05) is 49.5 Å². The number of nitrogens with zero attached hydrogens (tertiary/aromatic N) is 2. The molecule has 2 aliphatic rings. The first-order valence-corrected chi connectivity index (χ1v) is 21.7. The Morgan fingerprint density at radius 2 is 1.32 bits per heavy atom. The number of aromatic amines is 1. The number of rotatable bonds is 23. The van der Waals surface area contributed by atoms with Crippen LogP contribution in [0.5, 0.6) is 0 Å². The lowest BCUT2D eigenvalue weighted by Gasteiger charge is -2.33. The fourth-order valence-corrected chi connectivity index (χ4v) is 8.14. The van der Waals surface area contributed by atoms with E-state index in [1.807, 2.05) is 45.0 Å². The molecule has 2 aliphatic heterocycles. The molecule has 63 heavy (non-hydrogen) atoms. The normalized spacial score (nSPS) is 19.1. The van der Waals surface area contributed by atoms with Gasteiger partial charge in [0.2, 0.25) is 47.3 Å². The van der Waals surface area contributed by atoms with Gasteiger partial charge in [0.1, 0.15) is 36.3 Å². The average Bonchev–Trinajstić information content (AvgIpc) is 4.02. The third kappa shape index (κ3) is 13.5. The summed E-state index contributed by atoms with van der Waals surface area (Å²) < 4.78 is 0. The van der Waals surface area contributed by atoms with Gasteiger partial charge in [-0.1, -0.05) is 52.3 Å². The number of carbonyl (C=O) groups excluding carboxylic acids is 8. The first-order valence-electron chi connectivity index (χ1n) is 21.7. The molecule has 12 N–H and O–H groups in total. The molecule has 4 rings (SSSR count). The molecule has 2 fully saturated rings. The van der Waals surface area contributed by atoms with Crippen LogP contribution >= 0.6 is 0 Å². The van der Waals surface area contributed by atoms with Crippen LogP contribution in [-0.2, 0) is 49.6 Å². The molecule has 1 aromatic heterocycles. The summed E-state index contributed by atoms with van der Waals surface area (Å²) in [6.45, 7) is 7.68. The largest absolute Gasteiger partial charge is 0.480 e. The Labute approximate surface area is 366 Å². The van der Waals surface area contributed by atoms with Gasteiger partial charge in [-0.2, -0.15) is 0 Å². The van der Waals surface area contributed by atoms with Crippen molar-refractivity contribution in [3.63, 3.8) is 0 Å². The second-order valence-electron chi connectivity index (χ2n) is 17.1. The lowest BCUT2D eigenvalue weighted by atomic mass is 9.96. The molecule has 346 valence electrons. The molecule has 2 aromatic rings. The highest BCUT2D eigenvalue weighted by atomic mass is 16.4. The van der Waals surface area contributed by atoms with Gasteiger partial charge in [-0.3, -0.25) is 38.4 Å². The van der Waals surface area contributed by atoms with Gasteiger partial charge in [-0.15, -0.1) is 0 Å². The number of nitrogens with two attached hydrogens (primary N) is 3. The van der Waals surface area contributed by atoms with E-state index in [2.05, 4.69) is 26.3 Å². The Kier molecular flexibility index (Phi) is 18.0. The number of carboxylic acids is 1. The number of aromatic nitrogens is 1. The summed E-state index contributed by atoms with van der Waals surface area (Å²) in [6.07, 6.45) is 3.09. The zero-order valence-corrected chi connectivity index (χ0v) is 36.5. The number of amides is 8. The number of hydrogen-bond acceptors (Lipinski definition) is 10. The molecule has 20 nitrogen and oxygen atoms in total. The van der Waals surface area contributed by atoms with Crippen molar-refractivity contribution < 1.29 is 48.3 Å². The fourth-order valence-electron chi connectivity index (χ4n) is 8.14. The van der Waals surface area contributed by atoms with E-state index in [-0.39, 0.29) is 64.0 Å². The van der Waals surface area contributed by atoms with Crippen LogP contribution in [0.15, 0.2) is 30.5 Å². The van der Waals surface area contributed by atoms with E-state index in [4.69, 9.17) is 17.2 Å². The van der Waals surface area contributed by atoms with Crippen molar-refractivity contribution in [2.45, 2.75) is 141 Å². The van der Waals surface area contributed by atoms with Gasteiger partial charge < -0.3 is 58.4 Å². The van der Waals surface area contributed by atoms with Gasteiger partial charge in [0.15, 0.2) is 0 Å². The Morgan fingerprint density at radius 1 is 0.762 bits per heavy atom. The van der Waals surface area contributed by atoms with Crippen molar-refractivity contribution in [3.05, 3.63) is 36.0 Å². The molecule has 0 aliphatic carbocycles. The first-order chi connectivity index (χ1) is 29.8. The minimum absolute atomic E-state index is 0.0185. The van der Waals surface area contributed by atoms with E-state index in [1.165, 1.54) is 9.80 Å². The molecular weight excluding hydrogens is 817 g/mol. The average molecular weight is 881 g/mol. The number of carboxylic acid groups (broad SMARTS) is 1. The number of hydrogen-bond donors (Lipinski definition) is 9. The SMILES string of the molecule is CC[C@H](C)[C@H](NC(=O)[C@@H]1CCCN1C(=O)[C@@H](N)CCC(N)=O)C(=O)N1CCC[C@H]1C(=O)N[C@@H](CCC(N)=O)C(=O)N[C@@H](CC(C)C)C(=O)N[C@@H](Cc1c[nH]c2ccccc12)C(=O)O. The number of carbonyl (C=O) groups is 9. The Bertz CT molecular complexity index is 2000. The van der Waals surface area contributed by atoms with E-state index in [1.54, 1.807) is 13.1 Å². The van der Waals surface area contributed by atoms with E-state index in [0.717, 1.165) is 10.9 Å². The van der Waals surface area contributed by atoms with Gasteiger partial charge in [0.05, 0.1) is 6.04 Å². The standard InChI is InChI=1S/C43H64N10O10/c1-5-24(4)36(51-40(59)33-13-8-18-52(33)41(60)27(44)14-16-34(45)54)42(61)53-19-9-12-32(53)39(58)48-29(15-17-35(46)55)37(56)49-30(20-23(2)3)38(57)50-31(43(62)63)21-25-22-47-28-11-7-6-10-26(25)28/h6-7,10-11,22-24,27,29-33,36,47H,5,8-9,12-21,44H2,1-4H3,(H2,45,54)(H2,46,55)(H,48,58)(H,49,56)(H,50,57)(H,51,59)(H,62,63)/t24-,27-,29-,30-,31-,32-,33-,36-/m0/s1. The number of H-pyrrole nitrogens is 1. The first kappa shape index (κ1) is 49.6. The highest BCUT2D eigenvalue weighted by molar-refractivity contribution is 5.98. The number of para-hydroxylation sites is 1. The molecule has 0 spiro atoms. The van der Waals surface area contributed by atoms with Crippen LogP contribution in [0.3, 0.4) is 0 Å². The van der Waals surface area contributed by atoms with Gasteiger partial charge in [0.25, 0.3) is 0 Å². The third-order valence-electron chi connectivity index (χ3n) is 11.8. The third-order valence-corrected chi connectivity index (χ3v) is 11.8. The Morgan fingerprint density at radius 3 is 1.90 bits per heavy atom. The van der Waals surface area contributed by atoms with Gasteiger partial charge in [-0.25, -0.2) is 4.79 Å². The van der Waals surface area contributed by atoms with Crippen LogP contribution in [0.4, 0.5) is 0 Å². The zero-order chi connectivity index (χ0) is 46.5. The molecule has 0 bridgehead atoms. The maximum atomic E-state index is 14.3. The van der Waals surface area contributed by atoms with Crippen LogP contribution in [-0.4, -0.2) is 128 Å². The number of primary amides is 2. The van der Waals surface area contributed by atoms with E-state index in [0.29, 0.717) is 31.2 Å². The minimum Gasteiger partial charge on any atom is -0.480 e. The molecule has 1 aromatic carbocycles. The van der Waals surface area contributed by atoms with Crippen LogP contribution in [0, 0.1) is 11.8 Å². The summed E-state index contributed by atoms with van der Waals surface area (Å²) >= 11 is 0.